The molecule has 0 aromatic heterocycles. The molecule has 0 nitrogen and oxygen atoms in total. The number of hydrogen-bond acceptors (Lipinski definition) is 1. The van der Waals surface area contributed by atoms with Crippen LogP contribution in [0.15, 0.2) is 0 Å². The molecule has 0 atom stereocenters. The Kier molecular flexibility index (Phi) is 3.54. The molecule has 0 heterocycles. The second-order valence-electron chi connectivity index (χ2n) is 1.08. The molecule has 0 N–H and O–H groups in total. The van der Waals surface area contributed by atoms with Crippen molar-refractivity contribution in [3.63, 3.8) is 0 Å². The van der Waals surface area contributed by atoms with Crippen molar-refractivity contribution in [3.05, 3.63) is 0 Å². The molecule has 0 aliphatic heterocycles. The molecule has 6 heavy (non-hydrogen) atoms. The van der Waals surface area contributed by atoms with Crippen LogP contribution in [0, 0.1) is 5.69 Å². The molecule has 36 valence electrons. The monoisotopic (exact) mass is 120 g/mol. The molecule has 0 aliphatic rings. The number of rotatable bonds is 1. The highest BCUT2D eigenvalue weighted by atomic mass is 32.8. The quantitative estimate of drug-likeness (QED) is 0.499. The minimum atomic E-state index is -0.232. The summed E-state index contributed by atoms with van der Waals surface area (Å²) in [6, 6.07) is 0. The van der Waals surface area contributed by atoms with Gasteiger partial charge in [-0.1, -0.05) is 6.92 Å². The van der Waals surface area contributed by atoms with Crippen LogP contribution in [-0.2, 0) is 20.1 Å². The number of hydrogen-bond donors (Lipinski definition) is 0. The third-order valence-corrected chi connectivity index (χ3v) is 1.72. The van der Waals surface area contributed by atoms with Gasteiger partial charge >= 0.3 is 0 Å². The lowest BCUT2D eigenvalue weighted by atomic mass is 10.6. The van der Waals surface area contributed by atoms with E-state index in [2.05, 4.69) is 18.1 Å². The predicted octanol–water partition coefficient (Wildman–Crippen LogP) is 1.07. The van der Waals surface area contributed by atoms with E-state index >= 15 is 0 Å². The minimum Gasteiger partial charge on any atom is -0.121 e. The molecule has 0 radical (unpaired) electrons. The maximum Gasteiger partial charge on any atom is 0.0185 e. The Balaban J connectivity index is 3.16. The van der Waals surface area contributed by atoms with Crippen molar-refractivity contribution >= 4 is 20.1 Å². The zero-order valence-corrected chi connectivity index (χ0v) is 5.44. The zero-order chi connectivity index (χ0) is 4.99. The molecule has 0 aromatic rings. The largest absolute Gasteiger partial charge is 0.121 e. The van der Waals surface area contributed by atoms with Gasteiger partial charge in [-0.15, -0.1) is 14.5 Å². The van der Waals surface area contributed by atoms with Crippen molar-refractivity contribution in [2.75, 3.05) is 5.75 Å². The summed E-state index contributed by atoms with van der Waals surface area (Å²) >= 11 is 4.68. The maximum atomic E-state index is 5.25. The smallest absolute Gasteiger partial charge is 0.0185 e. The third-order valence-electron chi connectivity index (χ3n) is 0.405. The maximum absolute atomic E-state index is 5.25. The predicted molar refractivity (Wildman–Crippen MR) is 34.8 cm³/mol. The molecule has 0 bridgehead atoms. The van der Waals surface area contributed by atoms with Gasteiger partial charge in [0.25, 0.3) is 0 Å². The fraction of sp³-hybridized carbons (Fsp3) is 0.750. The van der Waals surface area contributed by atoms with Crippen molar-refractivity contribution in [1.29, 1.82) is 0 Å². The van der Waals surface area contributed by atoms with Crippen LogP contribution in [0.3, 0.4) is 0 Å². The molecule has 0 amide bonds. The summed E-state index contributed by atoms with van der Waals surface area (Å²) in [6.07, 6.45) is 1.11. The highest BCUT2D eigenvalue weighted by Gasteiger charge is 1.67. The van der Waals surface area contributed by atoms with Gasteiger partial charge in [0.15, 0.2) is 0 Å². The van der Waals surface area contributed by atoms with Gasteiger partial charge < -0.3 is 0 Å². The third kappa shape index (κ3) is 4.22. The Hall–Kier alpha value is 0.220. The first-order valence-corrected chi connectivity index (χ1v) is 4.28. The van der Waals surface area contributed by atoms with Crippen LogP contribution >= 0.6 is 0 Å². The lowest BCUT2D eigenvalue weighted by Crippen LogP contribution is -1.74. The molecule has 0 fully saturated rings. The van der Waals surface area contributed by atoms with Gasteiger partial charge in [0, 0.05) is 5.75 Å². The molecule has 0 aliphatic carbocycles. The van der Waals surface area contributed by atoms with Crippen LogP contribution in [0.25, 0.3) is 0 Å². The van der Waals surface area contributed by atoms with Gasteiger partial charge in [-0.05, 0) is 17.6 Å². The first-order chi connectivity index (χ1) is 2.77. The first-order valence-electron chi connectivity index (χ1n) is 1.90. The van der Waals surface area contributed by atoms with Crippen LogP contribution in [-0.4, -0.2) is 5.75 Å². The standard InChI is InChI=1S/C4H8S2/c1-3-4-6(2)5/h2H,3-4H2,1H3. The summed E-state index contributed by atoms with van der Waals surface area (Å²) in [5.41, 5.74) is 5.25. The molecular formula is C4H8S2. The topological polar surface area (TPSA) is 0 Å². The summed E-state index contributed by atoms with van der Waals surface area (Å²) in [5, 5.41) is 0. The molecule has 0 spiro atoms. The Labute approximate surface area is 45.4 Å². The molecule has 0 aromatic carbocycles. The van der Waals surface area contributed by atoms with E-state index in [1.807, 2.05) is 0 Å². The van der Waals surface area contributed by atoms with Gasteiger partial charge in [0.2, 0.25) is 0 Å². The van der Waals surface area contributed by atoms with E-state index in [0.717, 1.165) is 12.2 Å². The lowest BCUT2D eigenvalue weighted by Gasteiger charge is -1.75. The van der Waals surface area contributed by atoms with E-state index in [0.29, 0.717) is 0 Å². The van der Waals surface area contributed by atoms with Gasteiger partial charge in [-0.2, -0.15) is 0 Å². The van der Waals surface area contributed by atoms with Gasteiger partial charge in [-0.25, -0.2) is 0 Å². The van der Waals surface area contributed by atoms with Gasteiger partial charge in [0.1, 0.15) is 0 Å². The van der Waals surface area contributed by atoms with E-state index in [1.54, 1.807) is 0 Å². The zero-order valence-electron chi connectivity index (χ0n) is 3.81. The summed E-state index contributed by atoms with van der Waals surface area (Å²) in [6.45, 7) is 2.08. The molecule has 0 rings (SSSR count). The fourth-order valence-electron chi connectivity index (χ4n) is 0.201. The van der Waals surface area contributed by atoms with Crippen molar-refractivity contribution in [2.24, 2.45) is 0 Å². The molecule has 0 saturated heterocycles. The van der Waals surface area contributed by atoms with Gasteiger partial charge in [0.05, 0.1) is 0 Å². The Bertz CT molecular complexity index is 117. The summed E-state index contributed by atoms with van der Waals surface area (Å²) in [4.78, 5) is 0. The van der Waals surface area contributed by atoms with Crippen molar-refractivity contribution < 1.29 is 0 Å². The lowest BCUT2D eigenvalue weighted by molar-refractivity contribution is 1.11. The Morgan fingerprint density at radius 2 is 2.33 bits per heavy atom. The highest BCUT2D eigenvalue weighted by Crippen LogP contribution is 1.71. The van der Waals surface area contributed by atoms with Crippen molar-refractivity contribution in [1.82, 2.24) is 0 Å². The Morgan fingerprint density at radius 1 is 1.83 bits per heavy atom. The molecular weight excluding hydrogens is 112 g/mol. The van der Waals surface area contributed by atoms with Crippen molar-refractivity contribution in [2.45, 2.75) is 13.3 Å². The second kappa shape index (κ2) is 3.41. The molecule has 2 heteroatoms. The van der Waals surface area contributed by atoms with E-state index in [4.69, 9.17) is 5.69 Å². The van der Waals surface area contributed by atoms with Crippen LogP contribution < -0.4 is 0 Å². The Morgan fingerprint density at radius 3 is 2.33 bits per heavy atom. The normalized spacial score (nSPS) is 8.00. The molecule has 0 saturated carbocycles. The van der Waals surface area contributed by atoms with Crippen LogP contribution in [0.5, 0.6) is 0 Å². The van der Waals surface area contributed by atoms with Gasteiger partial charge in [-0.3, -0.25) is 0 Å². The van der Waals surface area contributed by atoms with Crippen LogP contribution in [0.2, 0.25) is 0 Å². The van der Waals surface area contributed by atoms with E-state index < -0.39 is 0 Å². The second-order valence-corrected chi connectivity index (χ2v) is 3.54. The summed E-state index contributed by atoms with van der Waals surface area (Å²) < 4.78 is 0. The van der Waals surface area contributed by atoms with E-state index in [-0.39, 0.29) is 8.86 Å². The van der Waals surface area contributed by atoms with E-state index in [1.165, 1.54) is 0 Å². The van der Waals surface area contributed by atoms with E-state index in [9.17, 15) is 0 Å². The minimum absolute atomic E-state index is 0.232. The highest BCUT2D eigenvalue weighted by molar-refractivity contribution is 8.22. The van der Waals surface area contributed by atoms with Crippen LogP contribution in [0.1, 0.15) is 13.3 Å². The average molecular weight is 120 g/mol. The SMILES string of the molecule is C#S(=S)CCC. The fourth-order valence-corrected chi connectivity index (χ4v) is 1.10. The van der Waals surface area contributed by atoms with Crippen LogP contribution in [0.4, 0.5) is 0 Å². The average Bonchev–Trinajstić information content (AvgIpc) is 1.35. The molecule has 0 unspecified atom stereocenters. The van der Waals surface area contributed by atoms with Crippen molar-refractivity contribution in [3.8, 4) is 5.69 Å². The first kappa shape index (κ1) is 6.22. The summed E-state index contributed by atoms with van der Waals surface area (Å²) in [7, 11) is -0.232. The summed E-state index contributed by atoms with van der Waals surface area (Å²) in [5.74, 6) is 0.995.